The summed E-state index contributed by atoms with van der Waals surface area (Å²) in [7, 11) is 0. The van der Waals surface area contributed by atoms with E-state index in [2.05, 4.69) is 4.98 Å². The first-order chi connectivity index (χ1) is 10.1. The zero-order valence-electron chi connectivity index (χ0n) is 11.6. The first kappa shape index (κ1) is 13.6. The van der Waals surface area contributed by atoms with Gasteiger partial charge in [-0.2, -0.15) is 0 Å². The smallest absolute Gasteiger partial charge is 0.326 e. The molecule has 1 atom stereocenters. The molecule has 0 saturated carbocycles. The molecule has 0 bridgehead atoms. The zero-order valence-corrected chi connectivity index (χ0v) is 11.6. The Morgan fingerprint density at radius 1 is 1.33 bits per heavy atom. The molecule has 110 valence electrons. The number of carbonyl (C=O) groups is 2. The fourth-order valence-corrected chi connectivity index (χ4v) is 2.82. The van der Waals surface area contributed by atoms with E-state index in [1.807, 2.05) is 35.0 Å². The summed E-state index contributed by atoms with van der Waals surface area (Å²) in [6, 6.07) is 4.96. The Bertz CT molecular complexity index is 647. The monoisotopic (exact) mass is 287 g/mol. The van der Waals surface area contributed by atoms with Crippen LogP contribution in [0.3, 0.4) is 0 Å². The van der Waals surface area contributed by atoms with Gasteiger partial charge in [0.1, 0.15) is 11.7 Å². The lowest BCUT2D eigenvalue weighted by molar-refractivity contribution is -0.151. The minimum absolute atomic E-state index is 0.144. The van der Waals surface area contributed by atoms with Crippen molar-refractivity contribution < 1.29 is 14.7 Å². The Morgan fingerprint density at radius 2 is 2.19 bits per heavy atom. The van der Waals surface area contributed by atoms with E-state index in [0.717, 1.165) is 18.5 Å². The number of nitrogens with zero attached hydrogens (tertiary/aromatic N) is 3. The summed E-state index contributed by atoms with van der Waals surface area (Å²) in [4.78, 5) is 29.5. The molecular weight excluding hydrogens is 270 g/mol. The van der Waals surface area contributed by atoms with Crippen LogP contribution in [0.5, 0.6) is 0 Å². The first-order valence-corrected chi connectivity index (χ1v) is 7.10. The highest BCUT2D eigenvalue weighted by molar-refractivity contribution is 5.85. The maximum atomic E-state index is 12.4. The van der Waals surface area contributed by atoms with E-state index in [4.69, 9.17) is 0 Å². The summed E-state index contributed by atoms with van der Waals surface area (Å²) in [6.07, 6.45) is 6.08. The Labute approximate surface area is 122 Å². The number of amides is 1. The number of imidazole rings is 1. The maximum absolute atomic E-state index is 12.4. The molecule has 0 spiro atoms. The molecule has 0 aromatic carbocycles. The second-order valence-corrected chi connectivity index (χ2v) is 5.31. The SMILES string of the molecule is O=C(O)C1CCCCN1C(=O)Cc1cn2ccccc2n1. The fourth-order valence-electron chi connectivity index (χ4n) is 2.82. The molecule has 1 unspecified atom stereocenters. The summed E-state index contributed by atoms with van der Waals surface area (Å²) >= 11 is 0. The van der Waals surface area contributed by atoms with E-state index < -0.39 is 12.0 Å². The van der Waals surface area contributed by atoms with Crippen LogP contribution < -0.4 is 0 Å². The van der Waals surface area contributed by atoms with Gasteiger partial charge in [-0.1, -0.05) is 6.07 Å². The molecule has 1 N–H and O–H groups in total. The molecule has 6 nitrogen and oxygen atoms in total. The first-order valence-electron chi connectivity index (χ1n) is 7.10. The average Bonchev–Trinajstić information content (AvgIpc) is 2.89. The number of rotatable bonds is 3. The van der Waals surface area contributed by atoms with Crippen LogP contribution in [-0.2, 0) is 16.0 Å². The van der Waals surface area contributed by atoms with Gasteiger partial charge in [0.2, 0.25) is 5.91 Å². The predicted octanol–water partition coefficient (Wildman–Crippen LogP) is 1.34. The predicted molar refractivity (Wildman–Crippen MR) is 75.9 cm³/mol. The molecule has 1 aliphatic rings. The van der Waals surface area contributed by atoms with Crippen molar-refractivity contribution in [3.05, 3.63) is 36.3 Å². The topological polar surface area (TPSA) is 74.9 Å². The third-order valence-electron chi connectivity index (χ3n) is 3.85. The van der Waals surface area contributed by atoms with Gasteiger partial charge in [-0.05, 0) is 31.4 Å². The molecule has 1 amide bonds. The highest BCUT2D eigenvalue weighted by atomic mass is 16.4. The highest BCUT2D eigenvalue weighted by Gasteiger charge is 2.31. The normalized spacial score (nSPS) is 18.9. The van der Waals surface area contributed by atoms with Gasteiger partial charge in [0, 0.05) is 18.9 Å². The van der Waals surface area contributed by atoms with Gasteiger partial charge in [0.15, 0.2) is 0 Å². The second kappa shape index (κ2) is 5.55. The van der Waals surface area contributed by atoms with E-state index in [9.17, 15) is 14.7 Å². The Hall–Kier alpha value is -2.37. The quantitative estimate of drug-likeness (QED) is 0.924. The van der Waals surface area contributed by atoms with E-state index >= 15 is 0 Å². The van der Waals surface area contributed by atoms with Crippen LogP contribution in [0.1, 0.15) is 25.0 Å². The summed E-state index contributed by atoms with van der Waals surface area (Å²) < 4.78 is 1.85. The van der Waals surface area contributed by atoms with Crippen LogP contribution in [0, 0.1) is 0 Å². The van der Waals surface area contributed by atoms with Crippen LogP contribution in [0.25, 0.3) is 5.65 Å². The van der Waals surface area contributed by atoms with Gasteiger partial charge >= 0.3 is 5.97 Å². The number of likely N-dealkylation sites (tertiary alicyclic amines) is 1. The lowest BCUT2D eigenvalue weighted by Gasteiger charge is -2.32. The maximum Gasteiger partial charge on any atom is 0.326 e. The molecule has 1 aliphatic heterocycles. The number of pyridine rings is 1. The molecule has 2 aromatic rings. The molecule has 2 aromatic heterocycles. The fraction of sp³-hybridized carbons (Fsp3) is 0.400. The second-order valence-electron chi connectivity index (χ2n) is 5.31. The molecular formula is C15H17N3O3. The zero-order chi connectivity index (χ0) is 14.8. The third kappa shape index (κ3) is 2.74. The van der Waals surface area contributed by atoms with Crippen molar-refractivity contribution in [1.29, 1.82) is 0 Å². The number of carbonyl (C=O) groups excluding carboxylic acids is 1. The molecule has 1 saturated heterocycles. The number of aromatic nitrogens is 2. The van der Waals surface area contributed by atoms with Crippen molar-refractivity contribution in [3.63, 3.8) is 0 Å². The van der Waals surface area contributed by atoms with Crippen molar-refractivity contribution in [2.24, 2.45) is 0 Å². The Morgan fingerprint density at radius 3 is 2.95 bits per heavy atom. The van der Waals surface area contributed by atoms with Gasteiger partial charge in [-0.15, -0.1) is 0 Å². The molecule has 3 rings (SSSR count). The summed E-state index contributed by atoms with van der Waals surface area (Å²) in [5.41, 5.74) is 1.45. The van der Waals surface area contributed by atoms with Gasteiger partial charge in [0.25, 0.3) is 0 Å². The van der Waals surface area contributed by atoms with Crippen molar-refractivity contribution >= 4 is 17.5 Å². The van der Waals surface area contributed by atoms with E-state index in [0.29, 0.717) is 18.7 Å². The number of piperidine rings is 1. The van der Waals surface area contributed by atoms with Gasteiger partial charge < -0.3 is 14.4 Å². The van der Waals surface area contributed by atoms with E-state index in [1.54, 1.807) is 0 Å². The third-order valence-corrected chi connectivity index (χ3v) is 3.85. The molecule has 1 fully saturated rings. The van der Waals surface area contributed by atoms with Gasteiger partial charge in [0.05, 0.1) is 12.1 Å². The molecule has 6 heteroatoms. The minimum Gasteiger partial charge on any atom is -0.480 e. The van der Waals surface area contributed by atoms with Crippen LogP contribution in [-0.4, -0.2) is 43.9 Å². The minimum atomic E-state index is -0.918. The number of carboxylic acid groups (broad SMARTS) is 1. The molecule has 21 heavy (non-hydrogen) atoms. The van der Waals surface area contributed by atoms with Crippen LogP contribution in [0.2, 0.25) is 0 Å². The number of hydrogen-bond donors (Lipinski definition) is 1. The van der Waals surface area contributed by atoms with Gasteiger partial charge in [-0.25, -0.2) is 9.78 Å². The van der Waals surface area contributed by atoms with Crippen molar-refractivity contribution in [3.8, 4) is 0 Å². The lowest BCUT2D eigenvalue weighted by atomic mass is 10.0. The van der Waals surface area contributed by atoms with Crippen LogP contribution >= 0.6 is 0 Å². The van der Waals surface area contributed by atoms with E-state index in [1.165, 1.54) is 4.90 Å². The largest absolute Gasteiger partial charge is 0.480 e. The number of carboxylic acids is 1. The summed E-state index contributed by atoms with van der Waals surface area (Å²) in [6.45, 7) is 0.517. The van der Waals surface area contributed by atoms with E-state index in [-0.39, 0.29) is 12.3 Å². The lowest BCUT2D eigenvalue weighted by Crippen LogP contribution is -2.48. The standard InChI is InChI=1S/C15H17N3O3/c19-14(18-8-4-1-5-12(18)15(20)21)9-11-10-17-7-3-2-6-13(17)16-11/h2-3,6-7,10,12H,1,4-5,8-9H2,(H,20,21). The summed E-state index contributed by atoms with van der Waals surface area (Å²) in [5, 5.41) is 9.22. The van der Waals surface area contributed by atoms with Crippen LogP contribution in [0.15, 0.2) is 30.6 Å². The highest BCUT2D eigenvalue weighted by Crippen LogP contribution is 2.18. The number of hydrogen-bond acceptors (Lipinski definition) is 3. The average molecular weight is 287 g/mol. The number of aliphatic carboxylic acids is 1. The van der Waals surface area contributed by atoms with Crippen LogP contribution in [0.4, 0.5) is 0 Å². The van der Waals surface area contributed by atoms with Crippen molar-refractivity contribution in [2.45, 2.75) is 31.7 Å². The number of fused-ring (bicyclic) bond motifs is 1. The molecule has 0 radical (unpaired) electrons. The molecule has 3 heterocycles. The molecule has 0 aliphatic carbocycles. The van der Waals surface area contributed by atoms with Crippen molar-refractivity contribution in [2.75, 3.05) is 6.54 Å². The van der Waals surface area contributed by atoms with Crippen molar-refractivity contribution in [1.82, 2.24) is 14.3 Å². The van der Waals surface area contributed by atoms with Gasteiger partial charge in [-0.3, -0.25) is 4.79 Å². The Balaban J connectivity index is 1.76. The summed E-state index contributed by atoms with van der Waals surface area (Å²) in [5.74, 6) is -1.08. The Kier molecular flexibility index (Phi) is 3.60.